The second-order valence-corrected chi connectivity index (χ2v) is 6.27. The van der Waals surface area contributed by atoms with Crippen LogP contribution < -0.4 is 5.56 Å². The second kappa shape index (κ2) is 6.34. The van der Waals surface area contributed by atoms with Crippen molar-refractivity contribution in [2.45, 2.75) is 19.9 Å². The Morgan fingerprint density at radius 3 is 2.91 bits per heavy atom. The number of carbonyl (C=O) groups is 1. The highest BCUT2D eigenvalue weighted by molar-refractivity contribution is 7.18. The van der Waals surface area contributed by atoms with Gasteiger partial charge in [0, 0.05) is 4.88 Å². The standard InChI is InChI=1S/C17H16N2O3S/c1-3-13-8-14-15(23-13)18-10-19(16(14)20)9-11-5-4-6-12(7-11)17(21)22-2/h4-8,10H,3,9H2,1-2H3. The minimum Gasteiger partial charge on any atom is -0.465 e. The van der Waals surface area contributed by atoms with Crippen LogP contribution in [0, 0.1) is 0 Å². The minimum absolute atomic E-state index is 0.0607. The van der Waals surface area contributed by atoms with Crippen LogP contribution in [0.15, 0.2) is 41.5 Å². The predicted octanol–water partition coefficient (Wildman–Crippen LogP) is 2.86. The summed E-state index contributed by atoms with van der Waals surface area (Å²) in [6.07, 6.45) is 2.45. The Bertz CT molecular complexity index is 927. The van der Waals surface area contributed by atoms with Gasteiger partial charge in [-0.1, -0.05) is 19.1 Å². The molecule has 0 amide bonds. The van der Waals surface area contributed by atoms with E-state index in [-0.39, 0.29) is 5.56 Å². The SMILES string of the molecule is CCc1cc2c(=O)n(Cc3cccc(C(=O)OC)c3)cnc2s1. The van der Waals surface area contributed by atoms with Crippen LogP contribution in [0.25, 0.3) is 10.2 Å². The van der Waals surface area contributed by atoms with E-state index in [0.717, 1.165) is 21.7 Å². The maximum absolute atomic E-state index is 12.6. The molecule has 1 aromatic carbocycles. The van der Waals surface area contributed by atoms with E-state index in [9.17, 15) is 9.59 Å². The average Bonchev–Trinajstić information content (AvgIpc) is 3.01. The van der Waals surface area contributed by atoms with Gasteiger partial charge in [0.2, 0.25) is 0 Å². The van der Waals surface area contributed by atoms with Crippen LogP contribution in [-0.4, -0.2) is 22.6 Å². The molecule has 0 saturated carbocycles. The number of ether oxygens (including phenoxy) is 1. The number of hydrogen-bond donors (Lipinski definition) is 0. The number of carbonyl (C=O) groups excluding carboxylic acids is 1. The summed E-state index contributed by atoms with van der Waals surface area (Å²) in [6.45, 7) is 2.42. The van der Waals surface area contributed by atoms with Gasteiger partial charge in [-0.3, -0.25) is 9.36 Å². The smallest absolute Gasteiger partial charge is 0.337 e. The molecule has 3 aromatic rings. The lowest BCUT2D eigenvalue weighted by Gasteiger charge is -2.07. The van der Waals surface area contributed by atoms with E-state index in [4.69, 9.17) is 4.74 Å². The first-order valence-electron chi connectivity index (χ1n) is 7.27. The zero-order valence-corrected chi connectivity index (χ0v) is 13.7. The molecule has 0 saturated heterocycles. The lowest BCUT2D eigenvalue weighted by molar-refractivity contribution is 0.0600. The summed E-state index contributed by atoms with van der Waals surface area (Å²) in [4.78, 5) is 30.5. The number of rotatable bonds is 4. The largest absolute Gasteiger partial charge is 0.465 e. The van der Waals surface area contributed by atoms with Crippen molar-refractivity contribution < 1.29 is 9.53 Å². The summed E-state index contributed by atoms with van der Waals surface area (Å²) < 4.78 is 6.28. The number of thiophene rings is 1. The third-order valence-corrected chi connectivity index (χ3v) is 4.81. The number of benzene rings is 1. The molecule has 118 valence electrons. The van der Waals surface area contributed by atoms with Gasteiger partial charge in [0.05, 0.1) is 30.9 Å². The topological polar surface area (TPSA) is 61.2 Å². The van der Waals surface area contributed by atoms with E-state index in [0.29, 0.717) is 17.5 Å². The molecule has 0 bridgehead atoms. The number of methoxy groups -OCH3 is 1. The molecule has 6 heteroatoms. The van der Waals surface area contributed by atoms with E-state index in [1.807, 2.05) is 12.1 Å². The van der Waals surface area contributed by atoms with E-state index < -0.39 is 5.97 Å². The zero-order valence-electron chi connectivity index (χ0n) is 12.9. The van der Waals surface area contributed by atoms with Gasteiger partial charge < -0.3 is 4.74 Å². The molecular weight excluding hydrogens is 312 g/mol. The third-order valence-electron chi connectivity index (χ3n) is 3.62. The van der Waals surface area contributed by atoms with Crippen LogP contribution in [0.5, 0.6) is 0 Å². The summed E-state index contributed by atoms with van der Waals surface area (Å²) in [5.41, 5.74) is 1.26. The van der Waals surface area contributed by atoms with Gasteiger partial charge in [0.15, 0.2) is 0 Å². The first-order chi connectivity index (χ1) is 11.1. The predicted molar refractivity (Wildman–Crippen MR) is 90.1 cm³/mol. The second-order valence-electron chi connectivity index (χ2n) is 5.15. The van der Waals surface area contributed by atoms with E-state index in [2.05, 4.69) is 11.9 Å². The van der Waals surface area contributed by atoms with Gasteiger partial charge in [-0.05, 0) is 30.2 Å². The van der Waals surface area contributed by atoms with E-state index in [1.54, 1.807) is 40.4 Å². The fourth-order valence-electron chi connectivity index (χ4n) is 2.41. The highest BCUT2D eigenvalue weighted by atomic mass is 32.1. The van der Waals surface area contributed by atoms with Crippen LogP contribution in [0.4, 0.5) is 0 Å². The first-order valence-corrected chi connectivity index (χ1v) is 8.09. The normalized spacial score (nSPS) is 10.9. The van der Waals surface area contributed by atoms with Crippen LogP contribution in [-0.2, 0) is 17.7 Å². The molecule has 0 radical (unpaired) electrons. The maximum atomic E-state index is 12.6. The highest BCUT2D eigenvalue weighted by Gasteiger charge is 2.10. The Morgan fingerprint density at radius 2 is 2.17 bits per heavy atom. The molecule has 3 rings (SSSR count). The fraction of sp³-hybridized carbons (Fsp3) is 0.235. The number of nitrogens with zero attached hydrogens (tertiary/aromatic N) is 2. The first kappa shape index (κ1) is 15.4. The van der Waals surface area contributed by atoms with Gasteiger partial charge >= 0.3 is 5.97 Å². The van der Waals surface area contributed by atoms with E-state index >= 15 is 0 Å². The number of aryl methyl sites for hydroxylation is 1. The maximum Gasteiger partial charge on any atom is 0.337 e. The number of hydrogen-bond acceptors (Lipinski definition) is 5. The Kier molecular flexibility index (Phi) is 4.25. The average molecular weight is 328 g/mol. The van der Waals surface area contributed by atoms with Gasteiger partial charge in [0.25, 0.3) is 5.56 Å². The van der Waals surface area contributed by atoms with Crippen molar-refractivity contribution in [1.29, 1.82) is 0 Å². The van der Waals surface area contributed by atoms with Crippen LogP contribution in [0.3, 0.4) is 0 Å². The van der Waals surface area contributed by atoms with Crippen molar-refractivity contribution in [1.82, 2.24) is 9.55 Å². The summed E-state index contributed by atoms with van der Waals surface area (Å²) in [6, 6.07) is 8.97. The molecule has 0 spiro atoms. The number of aromatic nitrogens is 2. The van der Waals surface area contributed by atoms with Crippen molar-refractivity contribution in [3.63, 3.8) is 0 Å². The van der Waals surface area contributed by atoms with E-state index in [1.165, 1.54) is 7.11 Å². The zero-order chi connectivity index (χ0) is 16.4. The van der Waals surface area contributed by atoms with Gasteiger partial charge in [-0.15, -0.1) is 11.3 Å². The molecule has 5 nitrogen and oxygen atoms in total. The lowest BCUT2D eigenvalue weighted by Crippen LogP contribution is -2.20. The quantitative estimate of drug-likeness (QED) is 0.691. The molecule has 0 aliphatic rings. The summed E-state index contributed by atoms with van der Waals surface area (Å²) in [7, 11) is 1.35. The number of fused-ring (bicyclic) bond motifs is 1. The van der Waals surface area contributed by atoms with Gasteiger partial charge in [-0.25, -0.2) is 9.78 Å². The fourth-order valence-corrected chi connectivity index (χ4v) is 3.33. The Labute approximate surface area is 137 Å². The summed E-state index contributed by atoms with van der Waals surface area (Å²) in [5.74, 6) is -0.391. The minimum atomic E-state index is -0.391. The molecule has 0 aliphatic heterocycles. The van der Waals surface area contributed by atoms with Crippen LogP contribution in [0.1, 0.15) is 27.7 Å². The third kappa shape index (κ3) is 3.03. The summed E-state index contributed by atoms with van der Waals surface area (Å²) in [5, 5.41) is 0.651. The molecule has 2 aromatic heterocycles. The lowest BCUT2D eigenvalue weighted by atomic mass is 10.1. The van der Waals surface area contributed by atoms with Crippen molar-refractivity contribution in [3.8, 4) is 0 Å². The van der Waals surface area contributed by atoms with Crippen molar-refractivity contribution in [2.75, 3.05) is 7.11 Å². The monoisotopic (exact) mass is 328 g/mol. The van der Waals surface area contributed by atoms with Crippen molar-refractivity contribution in [3.05, 3.63) is 63.0 Å². The van der Waals surface area contributed by atoms with Crippen molar-refractivity contribution in [2.24, 2.45) is 0 Å². The molecule has 2 heterocycles. The molecule has 0 N–H and O–H groups in total. The summed E-state index contributed by atoms with van der Waals surface area (Å²) >= 11 is 1.55. The Morgan fingerprint density at radius 1 is 1.35 bits per heavy atom. The molecule has 23 heavy (non-hydrogen) atoms. The molecule has 0 aliphatic carbocycles. The van der Waals surface area contributed by atoms with Crippen LogP contribution >= 0.6 is 11.3 Å². The van der Waals surface area contributed by atoms with Crippen LogP contribution in [0.2, 0.25) is 0 Å². The molecular formula is C17H16N2O3S. The van der Waals surface area contributed by atoms with Gasteiger partial charge in [-0.2, -0.15) is 0 Å². The number of esters is 1. The Balaban J connectivity index is 1.97. The molecule has 0 fully saturated rings. The van der Waals surface area contributed by atoms with Crippen molar-refractivity contribution >= 4 is 27.5 Å². The van der Waals surface area contributed by atoms with Gasteiger partial charge in [0.1, 0.15) is 4.83 Å². The Hall–Kier alpha value is -2.47. The molecule has 0 unspecified atom stereocenters. The highest BCUT2D eigenvalue weighted by Crippen LogP contribution is 2.21. The molecule has 0 atom stereocenters.